The van der Waals surface area contributed by atoms with Crippen LogP contribution in [0.15, 0.2) is 29.3 Å². The molecule has 0 spiro atoms. The molecule has 0 saturated heterocycles. The Morgan fingerprint density at radius 1 is 1.35 bits per heavy atom. The van der Waals surface area contributed by atoms with Gasteiger partial charge in [-0.15, -0.1) is 11.8 Å². The Balaban J connectivity index is 2.54. The zero-order chi connectivity index (χ0) is 14.9. The number of carbonyl (C=O) groups is 1. The van der Waals surface area contributed by atoms with Gasteiger partial charge < -0.3 is 0 Å². The molecule has 0 atom stereocenters. The lowest BCUT2D eigenvalue weighted by molar-refractivity contribution is 0.112. The van der Waals surface area contributed by atoms with Crippen LogP contribution in [0.2, 0.25) is 0 Å². The number of halogens is 1. The number of thioether (sulfide) groups is 1. The number of benzene rings is 1. The molecular formula is C15H17FN2OS. The Labute approximate surface area is 122 Å². The zero-order valence-electron chi connectivity index (χ0n) is 12.0. The first kappa shape index (κ1) is 14.8. The Morgan fingerprint density at radius 2 is 2.05 bits per heavy atom. The predicted octanol–water partition coefficient (Wildman–Crippen LogP) is 3.98. The molecule has 0 aliphatic carbocycles. The highest BCUT2D eigenvalue weighted by Crippen LogP contribution is 2.28. The van der Waals surface area contributed by atoms with Gasteiger partial charge in [0.2, 0.25) is 0 Å². The van der Waals surface area contributed by atoms with Crippen molar-refractivity contribution in [2.24, 2.45) is 0 Å². The Bertz CT molecular complexity index is 644. The molecule has 0 N–H and O–H groups in total. The number of hydrogen-bond acceptors (Lipinski definition) is 3. The van der Waals surface area contributed by atoms with Gasteiger partial charge >= 0.3 is 0 Å². The third kappa shape index (κ3) is 2.77. The van der Waals surface area contributed by atoms with Crippen LogP contribution in [0.25, 0.3) is 11.3 Å². The number of aldehydes is 1. The van der Waals surface area contributed by atoms with E-state index >= 15 is 0 Å². The van der Waals surface area contributed by atoms with Crippen LogP contribution in [-0.4, -0.2) is 22.3 Å². The Kier molecular flexibility index (Phi) is 3.99. The summed E-state index contributed by atoms with van der Waals surface area (Å²) in [5, 5.41) is 4.43. The maximum Gasteiger partial charge on any atom is 0.153 e. The molecule has 20 heavy (non-hydrogen) atoms. The minimum absolute atomic E-state index is 0.228. The van der Waals surface area contributed by atoms with Crippen LogP contribution in [0.3, 0.4) is 0 Å². The number of aromatic nitrogens is 2. The molecule has 1 heterocycles. The lowest BCUT2D eigenvalue weighted by atomic mass is 10.1. The third-order valence-corrected chi connectivity index (χ3v) is 3.75. The summed E-state index contributed by atoms with van der Waals surface area (Å²) < 4.78 is 15.6. The fraction of sp³-hybridized carbons (Fsp3) is 0.333. The lowest BCUT2D eigenvalue weighted by Crippen LogP contribution is -2.22. The third-order valence-electron chi connectivity index (χ3n) is 2.98. The average molecular weight is 292 g/mol. The summed E-state index contributed by atoms with van der Waals surface area (Å²) in [6.45, 7) is 5.99. The molecule has 1 aromatic heterocycles. The summed E-state index contributed by atoms with van der Waals surface area (Å²) in [6.07, 6.45) is 4.27. The molecule has 0 bridgehead atoms. The van der Waals surface area contributed by atoms with Crippen LogP contribution in [0.5, 0.6) is 0 Å². The predicted molar refractivity (Wildman–Crippen MR) is 79.8 cm³/mol. The molecule has 5 heteroatoms. The van der Waals surface area contributed by atoms with Crippen LogP contribution in [0.1, 0.15) is 31.1 Å². The summed E-state index contributed by atoms with van der Waals surface area (Å²) in [5.41, 5.74) is 1.37. The molecule has 0 aliphatic rings. The molecule has 1 aromatic carbocycles. The summed E-state index contributed by atoms with van der Waals surface area (Å²) in [4.78, 5) is 11.8. The first-order valence-electron chi connectivity index (χ1n) is 6.26. The number of rotatable bonds is 3. The number of hydrogen-bond donors (Lipinski definition) is 0. The molecule has 0 fully saturated rings. The summed E-state index contributed by atoms with van der Waals surface area (Å²) in [7, 11) is 0. The molecule has 106 valence electrons. The first-order valence-corrected chi connectivity index (χ1v) is 7.48. The monoisotopic (exact) mass is 292 g/mol. The van der Waals surface area contributed by atoms with Gasteiger partial charge in [0.25, 0.3) is 0 Å². The van der Waals surface area contributed by atoms with E-state index in [1.807, 2.05) is 27.0 Å². The van der Waals surface area contributed by atoms with Gasteiger partial charge in [0.1, 0.15) is 11.5 Å². The number of nitrogens with zero attached hydrogens (tertiary/aromatic N) is 2. The molecule has 0 amide bonds. The fourth-order valence-electron chi connectivity index (χ4n) is 1.86. The van der Waals surface area contributed by atoms with Crippen molar-refractivity contribution in [3.63, 3.8) is 0 Å². The van der Waals surface area contributed by atoms with Gasteiger partial charge in [0, 0.05) is 16.7 Å². The highest BCUT2D eigenvalue weighted by Gasteiger charge is 2.19. The van der Waals surface area contributed by atoms with Gasteiger partial charge in [-0.1, -0.05) is 6.07 Å². The largest absolute Gasteiger partial charge is 0.298 e. The van der Waals surface area contributed by atoms with Crippen molar-refractivity contribution in [3.05, 3.63) is 35.8 Å². The quantitative estimate of drug-likeness (QED) is 0.634. The van der Waals surface area contributed by atoms with Crippen molar-refractivity contribution < 1.29 is 9.18 Å². The molecule has 0 unspecified atom stereocenters. The molecule has 0 saturated carbocycles. The van der Waals surface area contributed by atoms with Gasteiger partial charge in [0.15, 0.2) is 6.29 Å². The molecule has 0 radical (unpaired) electrons. The highest BCUT2D eigenvalue weighted by atomic mass is 32.2. The minimum atomic E-state index is -0.294. The van der Waals surface area contributed by atoms with Crippen molar-refractivity contribution in [2.75, 3.05) is 6.26 Å². The van der Waals surface area contributed by atoms with Gasteiger partial charge in [-0.3, -0.25) is 9.48 Å². The molecule has 2 aromatic rings. The van der Waals surface area contributed by atoms with E-state index in [1.165, 1.54) is 17.8 Å². The van der Waals surface area contributed by atoms with Crippen LogP contribution in [0.4, 0.5) is 4.39 Å². The van der Waals surface area contributed by atoms with Crippen LogP contribution < -0.4 is 0 Å². The highest BCUT2D eigenvalue weighted by molar-refractivity contribution is 7.98. The first-order chi connectivity index (χ1) is 9.36. The second kappa shape index (κ2) is 5.40. The Morgan fingerprint density at radius 3 is 2.55 bits per heavy atom. The number of carbonyl (C=O) groups excluding carboxylic acids is 1. The summed E-state index contributed by atoms with van der Waals surface area (Å²) in [5.74, 6) is -0.294. The topological polar surface area (TPSA) is 34.9 Å². The average Bonchev–Trinajstić information content (AvgIpc) is 2.82. The molecule has 0 aliphatic heterocycles. The summed E-state index contributed by atoms with van der Waals surface area (Å²) in [6, 6.07) is 4.92. The van der Waals surface area contributed by atoms with Crippen LogP contribution in [-0.2, 0) is 5.54 Å². The van der Waals surface area contributed by atoms with Crippen LogP contribution >= 0.6 is 11.8 Å². The van der Waals surface area contributed by atoms with Crippen molar-refractivity contribution in [3.8, 4) is 11.3 Å². The van der Waals surface area contributed by atoms with Gasteiger partial charge in [0.05, 0.1) is 11.1 Å². The fourth-order valence-corrected chi connectivity index (χ4v) is 2.31. The maximum atomic E-state index is 13.9. The van der Waals surface area contributed by atoms with E-state index in [4.69, 9.17) is 0 Å². The van der Waals surface area contributed by atoms with E-state index in [2.05, 4.69) is 5.10 Å². The van der Waals surface area contributed by atoms with E-state index in [1.54, 1.807) is 23.0 Å². The standard InChI is InChI=1S/C15H17FN2OS/c1-15(2,3)18-8-11(9-19)14(17-18)10-5-6-13(20-4)12(16)7-10/h5-9H,1-4H3. The lowest BCUT2D eigenvalue weighted by Gasteiger charge is -2.18. The van der Waals surface area contributed by atoms with Crippen molar-refractivity contribution in [2.45, 2.75) is 31.2 Å². The smallest absolute Gasteiger partial charge is 0.153 e. The van der Waals surface area contributed by atoms with Gasteiger partial charge in [-0.2, -0.15) is 5.10 Å². The minimum Gasteiger partial charge on any atom is -0.298 e. The Hall–Kier alpha value is -1.62. The van der Waals surface area contributed by atoms with E-state index in [-0.39, 0.29) is 11.4 Å². The second-order valence-corrected chi connectivity index (χ2v) is 6.36. The molecule has 3 nitrogen and oxygen atoms in total. The molecular weight excluding hydrogens is 275 g/mol. The van der Waals surface area contributed by atoms with E-state index < -0.39 is 0 Å². The van der Waals surface area contributed by atoms with Crippen molar-refractivity contribution in [1.82, 2.24) is 9.78 Å². The summed E-state index contributed by atoms with van der Waals surface area (Å²) >= 11 is 1.35. The molecule has 2 rings (SSSR count). The van der Waals surface area contributed by atoms with Gasteiger partial charge in [-0.05, 0) is 39.2 Å². The second-order valence-electron chi connectivity index (χ2n) is 5.52. The van der Waals surface area contributed by atoms with Crippen LogP contribution in [0, 0.1) is 5.82 Å². The SMILES string of the molecule is CSc1ccc(-c2nn(C(C)(C)C)cc2C=O)cc1F. The van der Waals surface area contributed by atoms with Crippen molar-refractivity contribution >= 4 is 18.0 Å². The zero-order valence-corrected chi connectivity index (χ0v) is 12.8. The van der Waals surface area contributed by atoms with E-state index in [9.17, 15) is 9.18 Å². The maximum absolute atomic E-state index is 13.9. The van der Waals surface area contributed by atoms with Crippen molar-refractivity contribution in [1.29, 1.82) is 0 Å². The van der Waals surface area contributed by atoms with E-state index in [0.717, 1.165) is 6.29 Å². The van der Waals surface area contributed by atoms with Gasteiger partial charge in [-0.25, -0.2) is 4.39 Å². The normalized spacial score (nSPS) is 11.7. The van der Waals surface area contributed by atoms with E-state index in [0.29, 0.717) is 21.7 Å².